The molecule has 0 spiro atoms. The Balaban J connectivity index is 1.95. The highest BCUT2D eigenvalue weighted by Gasteiger charge is 2.18. The highest BCUT2D eigenvalue weighted by molar-refractivity contribution is 6.33. The second kappa shape index (κ2) is 8.76. The van der Waals surface area contributed by atoms with Crippen LogP contribution in [0.5, 0.6) is 11.6 Å². The summed E-state index contributed by atoms with van der Waals surface area (Å²) in [4.78, 5) is 18.1. The Bertz CT molecular complexity index is 710. The van der Waals surface area contributed by atoms with Gasteiger partial charge < -0.3 is 14.4 Å². The molecule has 1 heterocycles. The third-order valence-electron chi connectivity index (χ3n) is 3.15. The quantitative estimate of drug-likeness (QED) is 0.742. The van der Waals surface area contributed by atoms with Crippen LogP contribution in [0.1, 0.15) is 17.4 Å². The summed E-state index contributed by atoms with van der Waals surface area (Å²) in [6, 6.07) is 10.3. The molecule has 128 valence electrons. The van der Waals surface area contributed by atoms with Crippen molar-refractivity contribution in [2.24, 2.45) is 0 Å². The molecule has 0 fully saturated rings. The summed E-state index contributed by atoms with van der Waals surface area (Å²) in [7, 11) is 1.66. The summed E-state index contributed by atoms with van der Waals surface area (Å²) < 4.78 is 10.9. The van der Waals surface area contributed by atoms with Crippen LogP contribution < -0.4 is 9.47 Å². The van der Waals surface area contributed by atoms with Crippen molar-refractivity contribution in [3.63, 3.8) is 0 Å². The predicted octanol–water partition coefficient (Wildman–Crippen LogP) is 3.94. The molecular formula is C17H18Cl2N2O3. The molecule has 24 heavy (non-hydrogen) atoms. The summed E-state index contributed by atoms with van der Waals surface area (Å²) in [5.41, 5.74) is 0.160. The lowest BCUT2D eigenvalue weighted by atomic mass is 10.3. The average Bonchev–Trinajstić information content (AvgIpc) is 2.56. The van der Waals surface area contributed by atoms with E-state index < -0.39 is 0 Å². The molecule has 1 aromatic carbocycles. The molecule has 7 heteroatoms. The number of halogens is 2. The number of hydrogen-bond acceptors (Lipinski definition) is 4. The van der Waals surface area contributed by atoms with Gasteiger partial charge in [-0.2, -0.15) is 0 Å². The Hall–Kier alpha value is -1.98. The molecular weight excluding hydrogens is 351 g/mol. The van der Waals surface area contributed by atoms with Crippen molar-refractivity contribution in [1.29, 1.82) is 0 Å². The van der Waals surface area contributed by atoms with Crippen LogP contribution in [-0.2, 0) is 0 Å². The van der Waals surface area contributed by atoms with Crippen LogP contribution in [0.3, 0.4) is 0 Å². The van der Waals surface area contributed by atoms with E-state index in [0.717, 1.165) is 0 Å². The Labute approximate surface area is 151 Å². The molecule has 0 radical (unpaired) electrons. The highest BCUT2D eigenvalue weighted by Crippen LogP contribution is 2.20. The van der Waals surface area contributed by atoms with Crippen LogP contribution in [-0.4, -0.2) is 42.6 Å². The van der Waals surface area contributed by atoms with E-state index in [1.54, 1.807) is 43.4 Å². The molecule has 1 amide bonds. The molecule has 5 nitrogen and oxygen atoms in total. The van der Waals surface area contributed by atoms with E-state index in [4.69, 9.17) is 32.7 Å². The lowest BCUT2D eigenvalue weighted by Gasteiger charge is -2.18. The van der Waals surface area contributed by atoms with Crippen LogP contribution in [0.25, 0.3) is 0 Å². The van der Waals surface area contributed by atoms with Crippen LogP contribution in [0.2, 0.25) is 10.0 Å². The summed E-state index contributed by atoms with van der Waals surface area (Å²) in [6.45, 7) is 3.01. The lowest BCUT2D eigenvalue weighted by Crippen LogP contribution is -2.31. The van der Waals surface area contributed by atoms with Crippen LogP contribution in [0.4, 0.5) is 0 Å². The topological polar surface area (TPSA) is 51.7 Å². The zero-order valence-electron chi connectivity index (χ0n) is 13.5. The molecule has 0 unspecified atom stereocenters. The largest absolute Gasteiger partial charge is 0.492 e. The second-order valence-electron chi connectivity index (χ2n) is 4.95. The minimum Gasteiger partial charge on any atom is -0.492 e. The highest BCUT2D eigenvalue weighted by atomic mass is 35.5. The van der Waals surface area contributed by atoms with Crippen molar-refractivity contribution in [1.82, 2.24) is 9.88 Å². The van der Waals surface area contributed by atoms with Gasteiger partial charge in [-0.25, -0.2) is 4.98 Å². The number of nitrogens with zero attached hydrogens (tertiary/aromatic N) is 2. The molecule has 0 aliphatic heterocycles. The zero-order valence-corrected chi connectivity index (χ0v) is 15.0. The third-order valence-corrected chi connectivity index (χ3v) is 3.69. The monoisotopic (exact) mass is 368 g/mol. The van der Waals surface area contributed by atoms with Crippen molar-refractivity contribution in [3.8, 4) is 11.6 Å². The molecule has 0 saturated heterocycles. The number of aromatic nitrogens is 1. The number of likely N-dealkylation sites (N-methyl/N-ethyl adjacent to an activating group) is 1. The van der Waals surface area contributed by atoms with E-state index in [1.807, 2.05) is 6.92 Å². The Morgan fingerprint density at radius 2 is 2.00 bits per heavy atom. The molecule has 0 aliphatic carbocycles. The van der Waals surface area contributed by atoms with Gasteiger partial charge in [-0.05, 0) is 31.2 Å². The number of ether oxygens (including phenoxy) is 2. The van der Waals surface area contributed by atoms with Gasteiger partial charge in [0.25, 0.3) is 5.91 Å². The van der Waals surface area contributed by atoms with Gasteiger partial charge in [-0.15, -0.1) is 0 Å². The maximum Gasteiger partial charge on any atom is 0.274 e. The van der Waals surface area contributed by atoms with Crippen LogP contribution >= 0.6 is 23.2 Å². The van der Waals surface area contributed by atoms with Gasteiger partial charge in [0.05, 0.1) is 18.2 Å². The summed E-state index contributed by atoms with van der Waals surface area (Å²) in [6.07, 6.45) is 0. The van der Waals surface area contributed by atoms with Crippen LogP contribution in [0, 0.1) is 0 Å². The van der Waals surface area contributed by atoms with Crippen molar-refractivity contribution in [2.45, 2.75) is 6.92 Å². The standard InChI is InChI=1S/C17H18Cl2N2O3/c1-3-23-15-8-7-14(19)16(20-15)17(22)21(2)9-10-24-13-6-4-5-12(18)11-13/h4-8,11H,3,9-10H2,1-2H3. The maximum absolute atomic E-state index is 12.5. The number of benzene rings is 1. The normalized spacial score (nSPS) is 10.3. The van der Waals surface area contributed by atoms with E-state index in [0.29, 0.717) is 36.4 Å². The number of hydrogen-bond donors (Lipinski definition) is 0. The number of carbonyl (C=O) groups excluding carboxylic acids is 1. The predicted molar refractivity (Wildman–Crippen MR) is 94.3 cm³/mol. The van der Waals surface area contributed by atoms with Gasteiger partial charge in [0, 0.05) is 18.1 Å². The van der Waals surface area contributed by atoms with E-state index in [9.17, 15) is 4.79 Å². The SMILES string of the molecule is CCOc1ccc(Cl)c(C(=O)N(C)CCOc2cccc(Cl)c2)n1. The van der Waals surface area contributed by atoms with Crippen molar-refractivity contribution < 1.29 is 14.3 Å². The zero-order chi connectivity index (χ0) is 17.5. The summed E-state index contributed by atoms with van der Waals surface area (Å²) in [5.74, 6) is 0.725. The van der Waals surface area contributed by atoms with Crippen LogP contribution in [0.15, 0.2) is 36.4 Å². The number of pyridine rings is 1. The van der Waals surface area contributed by atoms with Gasteiger partial charge in [0.1, 0.15) is 12.4 Å². The average molecular weight is 369 g/mol. The van der Waals surface area contributed by atoms with Gasteiger partial charge in [0.2, 0.25) is 5.88 Å². The van der Waals surface area contributed by atoms with E-state index in [2.05, 4.69) is 4.98 Å². The molecule has 2 rings (SSSR count). The molecule has 0 N–H and O–H groups in total. The Kier molecular flexibility index (Phi) is 6.70. The lowest BCUT2D eigenvalue weighted by molar-refractivity contribution is 0.0767. The first-order valence-corrected chi connectivity index (χ1v) is 8.20. The number of carbonyl (C=O) groups is 1. The molecule has 2 aromatic rings. The minimum absolute atomic E-state index is 0.160. The molecule has 0 bridgehead atoms. The minimum atomic E-state index is -0.295. The van der Waals surface area contributed by atoms with Crippen molar-refractivity contribution in [2.75, 3.05) is 26.8 Å². The van der Waals surface area contributed by atoms with Gasteiger partial charge >= 0.3 is 0 Å². The molecule has 1 aromatic heterocycles. The first-order chi connectivity index (χ1) is 11.5. The Morgan fingerprint density at radius 3 is 2.71 bits per heavy atom. The first-order valence-electron chi connectivity index (χ1n) is 7.44. The van der Waals surface area contributed by atoms with Gasteiger partial charge in [-0.3, -0.25) is 4.79 Å². The number of rotatable bonds is 7. The smallest absolute Gasteiger partial charge is 0.274 e. The second-order valence-corrected chi connectivity index (χ2v) is 5.79. The fourth-order valence-electron chi connectivity index (χ4n) is 1.94. The fourth-order valence-corrected chi connectivity index (χ4v) is 2.31. The van der Waals surface area contributed by atoms with Crippen molar-refractivity contribution in [3.05, 3.63) is 52.1 Å². The van der Waals surface area contributed by atoms with E-state index in [1.165, 1.54) is 4.90 Å². The number of amides is 1. The molecule has 0 aliphatic rings. The van der Waals surface area contributed by atoms with Crippen molar-refractivity contribution >= 4 is 29.1 Å². The summed E-state index contributed by atoms with van der Waals surface area (Å²) >= 11 is 12.0. The first kappa shape index (κ1) is 18.4. The fraction of sp³-hybridized carbons (Fsp3) is 0.294. The van der Waals surface area contributed by atoms with E-state index in [-0.39, 0.29) is 16.6 Å². The van der Waals surface area contributed by atoms with E-state index >= 15 is 0 Å². The molecule has 0 saturated carbocycles. The maximum atomic E-state index is 12.5. The summed E-state index contributed by atoms with van der Waals surface area (Å²) in [5, 5.41) is 0.881. The molecule has 0 atom stereocenters. The van der Waals surface area contributed by atoms with Gasteiger partial charge in [-0.1, -0.05) is 29.3 Å². The third kappa shape index (κ3) is 5.01. The van der Waals surface area contributed by atoms with Gasteiger partial charge in [0.15, 0.2) is 5.69 Å². The Morgan fingerprint density at radius 1 is 1.21 bits per heavy atom.